The Balaban J connectivity index is 1.74. The number of halogens is 1. The van der Waals surface area contributed by atoms with Gasteiger partial charge in [-0.1, -0.05) is 48.0 Å². The van der Waals surface area contributed by atoms with E-state index in [1.54, 1.807) is 17.2 Å². The van der Waals surface area contributed by atoms with Gasteiger partial charge in [0.25, 0.3) is 0 Å². The van der Waals surface area contributed by atoms with Gasteiger partial charge in [-0.05, 0) is 23.8 Å². The first-order valence-electron chi connectivity index (χ1n) is 7.92. The van der Waals surface area contributed by atoms with E-state index in [0.717, 1.165) is 29.1 Å². The molecule has 0 N–H and O–H groups in total. The van der Waals surface area contributed by atoms with Crippen molar-refractivity contribution in [2.24, 2.45) is 0 Å². The second-order valence-electron chi connectivity index (χ2n) is 5.81. The number of benzene rings is 2. The number of hydrogen-bond acceptors (Lipinski definition) is 4. The fraction of sp³-hybridized carbons (Fsp3) is 0.105. The Labute approximate surface area is 150 Å². The number of nitrogens with zero attached hydrogens (tertiary/aromatic N) is 5. The summed E-state index contributed by atoms with van der Waals surface area (Å²) in [6, 6.07) is 17.8. The number of hydrogen-bond donors (Lipinski definition) is 0. The van der Waals surface area contributed by atoms with Crippen molar-refractivity contribution in [1.29, 1.82) is 0 Å². The lowest BCUT2D eigenvalue weighted by molar-refractivity contribution is 0.887. The van der Waals surface area contributed by atoms with E-state index in [4.69, 9.17) is 11.6 Å². The van der Waals surface area contributed by atoms with Crippen molar-refractivity contribution < 1.29 is 0 Å². The molecular formula is C19H16ClN5. The van der Waals surface area contributed by atoms with E-state index in [0.29, 0.717) is 5.02 Å². The largest absolute Gasteiger partial charge is 0.355 e. The molecule has 0 aliphatic heterocycles. The molecule has 0 bridgehead atoms. The molecule has 0 saturated heterocycles. The van der Waals surface area contributed by atoms with E-state index in [-0.39, 0.29) is 0 Å². The molecule has 0 saturated carbocycles. The van der Waals surface area contributed by atoms with Crippen LogP contribution in [0.3, 0.4) is 0 Å². The Morgan fingerprint density at radius 1 is 1.04 bits per heavy atom. The monoisotopic (exact) mass is 349 g/mol. The Kier molecular flexibility index (Phi) is 4.07. The zero-order valence-electron chi connectivity index (χ0n) is 13.7. The maximum absolute atomic E-state index is 6.10. The van der Waals surface area contributed by atoms with Crippen molar-refractivity contribution in [3.63, 3.8) is 0 Å². The Morgan fingerprint density at radius 2 is 1.88 bits per heavy atom. The van der Waals surface area contributed by atoms with Gasteiger partial charge in [0, 0.05) is 18.6 Å². The molecule has 0 fully saturated rings. The van der Waals surface area contributed by atoms with E-state index in [9.17, 15) is 0 Å². The van der Waals surface area contributed by atoms with Gasteiger partial charge in [-0.2, -0.15) is 5.10 Å². The third-order valence-corrected chi connectivity index (χ3v) is 4.26. The minimum absolute atomic E-state index is 0.664. The van der Waals surface area contributed by atoms with Crippen LogP contribution in [0.25, 0.3) is 16.7 Å². The summed E-state index contributed by atoms with van der Waals surface area (Å²) in [6.07, 6.45) is 3.37. The smallest absolute Gasteiger partial charge is 0.168 e. The van der Waals surface area contributed by atoms with Gasteiger partial charge < -0.3 is 4.90 Å². The Bertz CT molecular complexity index is 1010. The molecule has 6 heteroatoms. The van der Waals surface area contributed by atoms with Crippen LogP contribution in [0.15, 0.2) is 67.1 Å². The van der Waals surface area contributed by atoms with E-state index >= 15 is 0 Å². The summed E-state index contributed by atoms with van der Waals surface area (Å²) in [7, 11) is 2.02. The van der Waals surface area contributed by atoms with Crippen molar-refractivity contribution in [2.75, 3.05) is 11.9 Å². The predicted octanol–water partition coefficient (Wildman–Crippen LogP) is 4.11. The first-order valence-corrected chi connectivity index (χ1v) is 8.30. The van der Waals surface area contributed by atoms with Gasteiger partial charge >= 0.3 is 0 Å². The van der Waals surface area contributed by atoms with Crippen molar-refractivity contribution in [2.45, 2.75) is 6.54 Å². The molecule has 0 unspecified atom stereocenters. The molecule has 2 heterocycles. The highest BCUT2D eigenvalue weighted by atomic mass is 35.5. The minimum atomic E-state index is 0.664. The summed E-state index contributed by atoms with van der Waals surface area (Å²) in [5, 5.41) is 6.05. The molecule has 4 aromatic rings. The molecule has 0 spiro atoms. The highest BCUT2D eigenvalue weighted by molar-refractivity contribution is 6.30. The standard InChI is InChI=1S/C19H16ClN5/c1-24(12-14-6-3-2-4-7-14)18-17-11-23-25(19(17)22-13-21-18)16-9-5-8-15(20)10-16/h2-11,13H,12H2,1H3. The van der Waals surface area contributed by atoms with Crippen LogP contribution in [-0.4, -0.2) is 26.8 Å². The summed E-state index contributed by atoms with van der Waals surface area (Å²) >= 11 is 6.10. The van der Waals surface area contributed by atoms with Gasteiger partial charge in [0.05, 0.1) is 17.3 Å². The second-order valence-corrected chi connectivity index (χ2v) is 6.25. The van der Waals surface area contributed by atoms with Crippen LogP contribution in [0, 0.1) is 0 Å². The summed E-state index contributed by atoms with van der Waals surface area (Å²) in [5.74, 6) is 0.849. The van der Waals surface area contributed by atoms with Crippen LogP contribution < -0.4 is 4.90 Å². The predicted molar refractivity (Wildman–Crippen MR) is 100 cm³/mol. The minimum Gasteiger partial charge on any atom is -0.355 e. The first-order chi connectivity index (χ1) is 12.2. The number of fused-ring (bicyclic) bond motifs is 1. The molecule has 25 heavy (non-hydrogen) atoms. The van der Waals surface area contributed by atoms with E-state index < -0.39 is 0 Å². The summed E-state index contributed by atoms with van der Waals surface area (Å²) in [4.78, 5) is 11.0. The molecule has 0 radical (unpaired) electrons. The van der Waals surface area contributed by atoms with Crippen LogP contribution in [0.2, 0.25) is 5.02 Å². The lowest BCUT2D eigenvalue weighted by atomic mass is 10.2. The number of anilines is 1. The number of aromatic nitrogens is 4. The summed E-state index contributed by atoms with van der Waals surface area (Å²) < 4.78 is 1.78. The highest BCUT2D eigenvalue weighted by Crippen LogP contribution is 2.25. The summed E-state index contributed by atoms with van der Waals surface area (Å²) in [5.41, 5.74) is 2.85. The molecule has 2 aromatic carbocycles. The lowest BCUT2D eigenvalue weighted by Crippen LogP contribution is -2.18. The molecule has 4 rings (SSSR count). The van der Waals surface area contributed by atoms with Crippen LogP contribution in [0.5, 0.6) is 0 Å². The topological polar surface area (TPSA) is 46.8 Å². The molecule has 0 atom stereocenters. The van der Waals surface area contributed by atoms with Crippen molar-refractivity contribution in [3.05, 3.63) is 77.7 Å². The van der Waals surface area contributed by atoms with Gasteiger partial charge in [0.2, 0.25) is 0 Å². The zero-order chi connectivity index (χ0) is 17.2. The number of rotatable bonds is 4. The maximum Gasteiger partial charge on any atom is 0.168 e. The van der Waals surface area contributed by atoms with Gasteiger partial charge in [-0.25, -0.2) is 14.6 Å². The lowest BCUT2D eigenvalue weighted by Gasteiger charge is -2.18. The van der Waals surface area contributed by atoms with Crippen molar-refractivity contribution >= 4 is 28.5 Å². The Hall–Kier alpha value is -2.92. The molecule has 2 aromatic heterocycles. The molecule has 124 valence electrons. The van der Waals surface area contributed by atoms with Gasteiger partial charge in [0.1, 0.15) is 12.1 Å². The molecule has 0 aliphatic rings. The van der Waals surface area contributed by atoms with Crippen LogP contribution in [0.1, 0.15) is 5.56 Å². The highest BCUT2D eigenvalue weighted by Gasteiger charge is 2.14. The third kappa shape index (κ3) is 3.06. The van der Waals surface area contributed by atoms with Gasteiger partial charge in [-0.3, -0.25) is 0 Å². The average molecular weight is 350 g/mol. The van der Waals surface area contributed by atoms with E-state index in [1.165, 1.54) is 5.56 Å². The van der Waals surface area contributed by atoms with Crippen LogP contribution >= 0.6 is 11.6 Å². The quantitative estimate of drug-likeness (QED) is 0.556. The maximum atomic E-state index is 6.10. The van der Waals surface area contributed by atoms with Gasteiger partial charge in [0.15, 0.2) is 5.65 Å². The van der Waals surface area contributed by atoms with Crippen molar-refractivity contribution in [1.82, 2.24) is 19.7 Å². The fourth-order valence-electron chi connectivity index (χ4n) is 2.86. The van der Waals surface area contributed by atoms with Crippen LogP contribution in [0.4, 0.5) is 5.82 Å². The van der Waals surface area contributed by atoms with E-state index in [1.807, 2.05) is 49.5 Å². The first kappa shape index (κ1) is 15.6. The zero-order valence-corrected chi connectivity index (χ0v) is 14.4. The molecule has 0 aliphatic carbocycles. The van der Waals surface area contributed by atoms with Crippen LogP contribution in [-0.2, 0) is 6.54 Å². The second kappa shape index (κ2) is 6.53. The molecule has 5 nitrogen and oxygen atoms in total. The normalized spacial score (nSPS) is 11.0. The Morgan fingerprint density at radius 3 is 2.68 bits per heavy atom. The molecular weight excluding hydrogens is 334 g/mol. The third-order valence-electron chi connectivity index (χ3n) is 4.02. The van der Waals surface area contributed by atoms with E-state index in [2.05, 4.69) is 32.1 Å². The van der Waals surface area contributed by atoms with Gasteiger partial charge in [-0.15, -0.1) is 0 Å². The summed E-state index contributed by atoms with van der Waals surface area (Å²) in [6.45, 7) is 0.759. The average Bonchev–Trinajstić information content (AvgIpc) is 3.06. The SMILES string of the molecule is CN(Cc1ccccc1)c1ncnc2c1cnn2-c1cccc(Cl)c1. The van der Waals surface area contributed by atoms with Crippen molar-refractivity contribution in [3.8, 4) is 5.69 Å². The molecule has 0 amide bonds. The fourth-order valence-corrected chi connectivity index (χ4v) is 3.05.